The lowest BCUT2D eigenvalue weighted by Crippen LogP contribution is -2.64. The van der Waals surface area contributed by atoms with Crippen molar-refractivity contribution in [1.29, 1.82) is 0 Å². The number of amides is 1. The van der Waals surface area contributed by atoms with Gasteiger partial charge in [-0.15, -0.1) is 18.3 Å². The van der Waals surface area contributed by atoms with Gasteiger partial charge in [-0.1, -0.05) is 32.9 Å². The molecule has 0 saturated heterocycles. The number of thioether (sulfide) groups is 1. The summed E-state index contributed by atoms with van der Waals surface area (Å²) < 4.78 is 6.19. The van der Waals surface area contributed by atoms with Gasteiger partial charge in [-0.3, -0.25) is 14.4 Å². The molecule has 7 nitrogen and oxygen atoms in total. The summed E-state index contributed by atoms with van der Waals surface area (Å²) in [6.07, 6.45) is 2.33. The molecule has 2 fully saturated rings. The fourth-order valence-electron chi connectivity index (χ4n) is 6.99. The SMILES string of the molecule is C=C[C@]1(C)C[C@@H](OC(=O)CSc2cccc(N)c2)[C@@]2(C)C(=O)[C@](CCC(=O)N(CC)CC)(CCC2C)[C@@H](C)[C@@H]1O. The molecule has 0 aliphatic heterocycles. The third-order valence-electron chi connectivity index (χ3n) is 10.2. The summed E-state index contributed by atoms with van der Waals surface area (Å²) in [5.41, 5.74) is 3.84. The summed E-state index contributed by atoms with van der Waals surface area (Å²) in [4.78, 5) is 43.7. The summed E-state index contributed by atoms with van der Waals surface area (Å²) in [5.74, 6) is -0.751. The van der Waals surface area contributed by atoms with Crippen LogP contribution in [0.2, 0.25) is 0 Å². The molecule has 1 aromatic rings. The Hall–Kier alpha value is -2.32. The number of carbonyl (C=O) groups excluding carboxylic acids is 3. The second-order valence-corrected chi connectivity index (χ2v) is 13.3. The first-order valence-corrected chi connectivity index (χ1v) is 15.6. The Morgan fingerprint density at radius 2 is 1.93 bits per heavy atom. The molecule has 0 heterocycles. The van der Waals surface area contributed by atoms with Crippen molar-refractivity contribution in [2.75, 3.05) is 24.6 Å². The number of nitrogen functional groups attached to an aromatic ring is 1. The zero-order chi connectivity index (χ0) is 29.9. The fourth-order valence-corrected chi connectivity index (χ4v) is 7.74. The molecule has 2 saturated carbocycles. The van der Waals surface area contributed by atoms with Gasteiger partial charge < -0.3 is 20.5 Å². The first kappa shape index (κ1) is 32.2. The minimum atomic E-state index is -0.966. The number of benzene rings is 1. The average Bonchev–Trinajstić information content (AvgIpc) is 2.93. The van der Waals surface area contributed by atoms with Gasteiger partial charge in [-0.25, -0.2) is 0 Å². The number of nitrogens with zero attached hydrogens (tertiary/aromatic N) is 1. The van der Waals surface area contributed by atoms with E-state index in [-0.39, 0.29) is 36.2 Å². The van der Waals surface area contributed by atoms with E-state index in [9.17, 15) is 19.5 Å². The molecule has 222 valence electrons. The van der Waals surface area contributed by atoms with Crippen LogP contribution < -0.4 is 5.73 Å². The van der Waals surface area contributed by atoms with E-state index in [1.807, 2.05) is 52.8 Å². The predicted molar refractivity (Wildman–Crippen MR) is 161 cm³/mol. The molecule has 3 N–H and O–H groups in total. The van der Waals surface area contributed by atoms with Gasteiger partial charge >= 0.3 is 5.97 Å². The second kappa shape index (κ2) is 12.7. The van der Waals surface area contributed by atoms with Gasteiger partial charge in [0.25, 0.3) is 0 Å². The Balaban J connectivity index is 1.97. The number of carbonyl (C=O) groups is 3. The van der Waals surface area contributed by atoms with Gasteiger partial charge in [0.05, 0.1) is 17.3 Å². The molecule has 2 aliphatic carbocycles. The van der Waals surface area contributed by atoms with E-state index in [4.69, 9.17) is 10.5 Å². The number of aliphatic hydroxyl groups is 1. The van der Waals surface area contributed by atoms with Crippen LogP contribution >= 0.6 is 11.8 Å². The summed E-state index contributed by atoms with van der Waals surface area (Å²) >= 11 is 1.34. The van der Waals surface area contributed by atoms with E-state index >= 15 is 0 Å². The normalized spacial score (nSPS) is 33.9. The molecule has 1 aromatic carbocycles. The number of ether oxygens (including phenoxy) is 1. The number of ketones is 1. The van der Waals surface area contributed by atoms with Gasteiger partial charge in [0.2, 0.25) is 5.91 Å². The van der Waals surface area contributed by atoms with Crippen molar-refractivity contribution in [3.05, 3.63) is 36.9 Å². The largest absolute Gasteiger partial charge is 0.461 e. The molecule has 2 bridgehead atoms. The maximum Gasteiger partial charge on any atom is 0.316 e. The first-order chi connectivity index (χ1) is 18.8. The molecular weight excluding hydrogens is 524 g/mol. The number of anilines is 1. The third-order valence-corrected chi connectivity index (χ3v) is 11.1. The van der Waals surface area contributed by atoms with Crippen molar-refractivity contribution >= 4 is 35.1 Å². The Labute approximate surface area is 244 Å². The van der Waals surface area contributed by atoms with Crippen molar-refractivity contribution < 1.29 is 24.2 Å². The highest BCUT2D eigenvalue weighted by Crippen LogP contribution is 2.60. The van der Waals surface area contributed by atoms with E-state index in [0.717, 1.165) is 11.3 Å². The molecule has 1 unspecified atom stereocenters. The standard InChI is InChI=1S/C32H48N2O5S/c1-8-30(6)19-25(39-27(36)20-40-24-13-11-12-23(33)18-24)31(7)21(4)14-16-32(29(31)38,22(5)28(30)37)17-15-26(35)34(9-2)10-3/h8,11-13,18,21-22,25,28,37H,1,9-10,14-17,19-20,33H2,2-7H3/t21?,22-,25+,28-,30+,31-,32-/m0/s1. The molecule has 0 radical (unpaired) electrons. The van der Waals surface area contributed by atoms with Crippen molar-refractivity contribution in [1.82, 2.24) is 4.90 Å². The van der Waals surface area contributed by atoms with Gasteiger partial charge in [-0.05, 0) is 76.5 Å². The molecule has 2 aliphatic rings. The maximum atomic E-state index is 14.7. The molecule has 3 rings (SSSR count). The van der Waals surface area contributed by atoms with Crippen LogP contribution in [-0.2, 0) is 19.1 Å². The summed E-state index contributed by atoms with van der Waals surface area (Å²) in [6, 6.07) is 7.32. The maximum absolute atomic E-state index is 14.7. The lowest BCUT2D eigenvalue weighted by molar-refractivity contribution is -0.191. The van der Waals surface area contributed by atoms with Crippen molar-refractivity contribution in [3.63, 3.8) is 0 Å². The van der Waals surface area contributed by atoms with Crippen molar-refractivity contribution in [3.8, 4) is 0 Å². The van der Waals surface area contributed by atoms with Crippen LogP contribution in [-0.4, -0.2) is 58.7 Å². The molecule has 1 amide bonds. The molecule has 0 spiro atoms. The monoisotopic (exact) mass is 572 g/mol. The Kier molecular flexibility index (Phi) is 10.2. The number of Topliss-reactive ketones (excluding diaryl/α,β-unsaturated/α-hetero) is 1. The van der Waals surface area contributed by atoms with Crippen LogP contribution in [0.5, 0.6) is 0 Å². The van der Waals surface area contributed by atoms with Crippen molar-refractivity contribution in [2.24, 2.45) is 28.1 Å². The summed E-state index contributed by atoms with van der Waals surface area (Å²) in [7, 11) is 0. The van der Waals surface area contributed by atoms with Crippen LogP contribution in [0.15, 0.2) is 41.8 Å². The molecular formula is C32H48N2O5S. The van der Waals surface area contributed by atoms with Crippen LogP contribution in [0.3, 0.4) is 0 Å². The predicted octanol–water partition coefficient (Wildman–Crippen LogP) is 5.51. The van der Waals surface area contributed by atoms with Gasteiger partial charge in [0.1, 0.15) is 11.9 Å². The third kappa shape index (κ3) is 5.98. The zero-order valence-electron chi connectivity index (χ0n) is 25.1. The lowest BCUT2D eigenvalue weighted by atomic mass is 9.46. The number of aliphatic hydroxyl groups excluding tert-OH is 1. The van der Waals surface area contributed by atoms with E-state index < -0.39 is 40.3 Å². The quantitative estimate of drug-likeness (QED) is 0.165. The highest BCUT2D eigenvalue weighted by atomic mass is 32.2. The number of fused-ring (bicyclic) bond motifs is 2. The summed E-state index contributed by atoms with van der Waals surface area (Å²) in [5, 5.41) is 11.8. The minimum Gasteiger partial charge on any atom is -0.461 e. The number of rotatable bonds is 10. The molecule has 8 heteroatoms. The van der Waals surface area contributed by atoms with Gasteiger partial charge in [-0.2, -0.15) is 0 Å². The van der Waals surface area contributed by atoms with Gasteiger partial charge in [0, 0.05) is 40.9 Å². The topological polar surface area (TPSA) is 110 Å². The molecule has 0 aromatic heterocycles. The van der Waals surface area contributed by atoms with E-state index in [0.29, 0.717) is 31.6 Å². The van der Waals surface area contributed by atoms with Crippen LogP contribution in [0.1, 0.15) is 73.6 Å². The number of nitrogens with two attached hydrogens (primary N) is 1. The highest BCUT2D eigenvalue weighted by molar-refractivity contribution is 8.00. The first-order valence-electron chi connectivity index (χ1n) is 14.6. The number of hydrogen-bond donors (Lipinski definition) is 2. The second-order valence-electron chi connectivity index (χ2n) is 12.3. The van der Waals surface area contributed by atoms with Crippen molar-refractivity contribution in [2.45, 2.75) is 90.7 Å². The van der Waals surface area contributed by atoms with Crippen LogP contribution in [0.25, 0.3) is 0 Å². The Morgan fingerprint density at radius 3 is 2.52 bits per heavy atom. The van der Waals surface area contributed by atoms with Crippen LogP contribution in [0.4, 0.5) is 5.69 Å². The summed E-state index contributed by atoms with van der Waals surface area (Å²) in [6.45, 7) is 17.0. The van der Waals surface area contributed by atoms with Crippen LogP contribution in [0, 0.1) is 28.1 Å². The van der Waals surface area contributed by atoms with E-state index in [1.54, 1.807) is 17.0 Å². The smallest absolute Gasteiger partial charge is 0.316 e. The zero-order valence-corrected chi connectivity index (χ0v) is 25.9. The Morgan fingerprint density at radius 1 is 1.25 bits per heavy atom. The van der Waals surface area contributed by atoms with E-state index in [2.05, 4.69) is 13.5 Å². The fraction of sp³-hybridized carbons (Fsp3) is 0.656. The number of esters is 1. The highest BCUT2D eigenvalue weighted by Gasteiger charge is 2.64. The average molecular weight is 573 g/mol. The number of hydrogen-bond acceptors (Lipinski definition) is 7. The van der Waals surface area contributed by atoms with Gasteiger partial charge in [0.15, 0.2) is 0 Å². The lowest BCUT2D eigenvalue weighted by Gasteiger charge is -2.58. The van der Waals surface area contributed by atoms with E-state index in [1.165, 1.54) is 11.8 Å². The molecule has 40 heavy (non-hydrogen) atoms. The minimum absolute atomic E-state index is 0.00467. The molecule has 7 atom stereocenters. The Bertz CT molecular complexity index is 1110.